The van der Waals surface area contributed by atoms with Crippen molar-refractivity contribution in [2.75, 3.05) is 19.3 Å². The van der Waals surface area contributed by atoms with Crippen molar-refractivity contribution in [1.82, 2.24) is 4.90 Å². The van der Waals surface area contributed by atoms with Gasteiger partial charge in [0.1, 0.15) is 0 Å². The highest BCUT2D eigenvalue weighted by atomic mass is 32.2. The summed E-state index contributed by atoms with van der Waals surface area (Å²) >= 11 is 0. The number of hydrogen-bond donors (Lipinski definition) is 1. The Labute approximate surface area is 161 Å². The van der Waals surface area contributed by atoms with Gasteiger partial charge >= 0.3 is 0 Å². The maximum Gasteiger partial charge on any atom is 0.264 e. The molecule has 0 spiro atoms. The lowest BCUT2D eigenvalue weighted by molar-refractivity contribution is -0.130. The summed E-state index contributed by atoms with van der Waals surface area (Å²) in [5, 5.41) is 0. The Morgan fingerprint density at radius 3 is 1.69 bits per heavy atom. The number of unbranched alkanes of at least 4 members (excludes halogenated alkanes) is 12. The van der Waals surface area contributed by atoms with E-state index in [9.17, 15) is 13.2 Å². The molecule has 0 aromatic heterocycles. The van der Waals surface area contributed by atoms with E-state index in [-0.39, 0.29) is 11.7 Å². The van der Waals surface area contributed by atoms with Gasteiger partial charge in [0.25, 0.3) is 10.1 Å². The van der Waals surface area contributed by atoms with Gasteiger partial charge in [-0.3, -0.25) is 9.35 Å². The van der Waals surface area contributed by atoms with Gasteiger partial charge in [-0.1, -0.05) is 77.6 Å². The summed E-state index contributed by atoms with van der Waals surface area (Å²) in [6.07, 6.45) is 17.0. The maximum atomic E-state index is 12.0. The summed E-state index contributed by atoms with van der Waals surface area (Å²) in [7, 11) is -2.12. The summed E-state index contributed by atoms with van der Waals surface area (Å²) in [5.41, 5.74) is 0. The minimum atomic E-state index is -3.88. The number of rotatable bonds is 18. The zero-order valence-electron chi connectivity index (χ0n) is 17.0. The largest absolute Gasteiger partial charge is 0.346 e. The van der Waals surface area contributed by atoms with Crippen molar-refractivity contribution < 1.29 is 17.8 Å². The molecule has 0 saturated carbocycles. The van der Waals surface area contributed by atoms with E-state index in [1.54, 1.807) is 11.9 Å². The second kappa shape index (κ2) is 16.5. The van der Waals surface area contributed by atoms with Crippen LogP contribution >= 0.6 is 0 Å². The van der Waals surface area contributed by atoms with Gasteiger partial charge in [0, 0.05) is 20.0 Å². The molecule has 0 atom stereocenters. The quantitative estimate of drug-likeness (QED) is 0.257. The van der Waals surface area contributed by atoms with Crippen molar-refractivity contribution >= 4 is 16.0 Å². The minimum absolute atomic E-state index is 0.129. The fourth-order valence-electron chi connectivity index (χ4n) is 3.07. The summed E-state index contributed by atoms with van der Waals surface area (Å²) in [4.78, 5) is 13.6. The predicted molar refractivity (Wildman–Crippen MR) is 109 cm³/mol. The molecule has 5 nitrogen and oxygen atoms in total. The second-order valence-corrected chi connectivity index (χ2v) is 9.02. The summed E-state index contributed by atoms with van der Waals surface area (Å²) in [6.45, 7) is 2.80. The molecule has 0 unspecified atom stereocenters. The van der Waals surface area contributed by atoms with Crippen LogP contribution in [0.3, 0.4) is 0 Å². The fraction of sp³-hybridized carbons (Fsp3) is 0.950. The topological polar surface area (TPSA) is 74.7 Å². The standard InChI is InChI=1S/C20H41NO4S/c1-3-4-5-6-7-8-9-10-11-12-13-14-17-20(22)21(2)18-15-16-19-26(23,24)25/h3-19H2,1-2H3,(H,23,24,25). The Balaban J connectivity index is 3.39. The van der Waals surface area contributed by atoms with Crippen molar-refractivity contribution in [3.8, 4) is 0 Å². The molecule has 0 aliphatic rings. The third kappa shape index (κ3) is 18.2. The zero-order chi connectivity index (χ0) is 19.7. The molecule has 0 heterocycles. The van der Waals surface area contributed by atoms with E-state index in [0.717, 1.165) is 12.8 Å². The molecule has 156 valence electrons. The number of hydrogen-bond acceptors (Lipinski definition) is 3. The Bertz CT molecular complexity index is 437. The molecule has 0 aromatic rings. The Hall–Kier alpha value is -0.620. The molecular formula is C20H41NO4S. The van der Waals surface area contributed by atoms with Gasteiger partial charge in [0.15, 0.2) is 0 Å². The van der Waals surface area contributed by atoms with E-state index in [1.807, 2.05) is 0 Å². The van der Waals surface area contributed by atoms with E-state index >= 15 is 0 Å². The van der Waals surface area contributed by atoms with Crippen molar-refractivity contribution in [1.29, 1.82) is 0 Å². The average molecular weight is 392 g/mol. The van der Waals surface area contributed by atoms with E-state index in [4.69, 9.17) is 4.55 Å². The molecule has 6 heteroatoms. The van der Waals surface area contributed by atoms with E-state index in [0.29, 0.717) is 25.8 Å². The highest BCUT2D eigenvalue weighted by Crippen LogP contribution is 2.12. The van der Waals surface area contributed by atoms with Crippen molar-refractivity contribution in [3.63, 3.8) is 0 Å². The van der Waals surface area contributed by atoms with Crippen LogP contribution in [0.5, 0.6) is 0 Å². The van der Waals surface area contributed by atoms with Crippen LogP contribution in [0.1, 0.15) is 103 Å². The molecule has 1 amide bonds. The first-order valence-electron chi connectivity index (χ1n) is 10.6. The van der Waals surface area contributed by atoms with E-state index < -0.39 is 10.1 Å². The molecule has 1 N–H and O–H groups in total. The van der Waals surface area contributed by atoms with Gasteiger partial charge in [-0.05, 0) is 19.3 Å². The van der Waals surface area contributed by atoms with Crippen molar-refractivity contribution in [2.24, 2.45) is 0 Å². The van der Waals surface area contributed by atoms with Gasteiger partial charge in [0.05, 0.1) is 5.75 Å². The number of nitrogens with zero attached hydrogens (tertiary/aromatic N) is 1. The summed E-state index contributed by atoms with van der Waals surface area (Å²) < 4.78 is 29.9. The van der Waals surface area contributed by atoms with Crippen molar-refractivity contribution in [3.05, 3.63) is 0 Å². The molecular weight excluding hydrogens is 350 g/mol. The highest BCUT2D eigenvalue weighted by Gasteiger charge is 2.09. The van der Waals surface area contributed by atoms with Crippen LogP contribution in [0, 0.1) is 0 Å². The minimum Gasteiger partial charge on any atom is -0.346 e. The third-order valence-electron chi connectivity index (χ3n) is 4.82. The molecule has 26 heavy (non-hydrogen) atoms. The molecule has 0 radical (unpaired) electrons. The normalized spacial score (nSPS) is 11.7. The number of amides is 1. The molecule has 0 aliphatic carbocycles. The van der Waals surface area contributed by atoms with Gasteiger partial charge in [-0.25, -0.2) is 0 Å². The predicted octanol–water partition coefficient (Wildman–Crippen LogP) is 5.20. The Morgan fingerprint density at radius 2 is 1.23 bits per heavy atom. The van der Waals surface area contributed by atoms with Gasteiger partial charge in [-0.15, -0.1) is 0 Å². The van der Waals surface area contributed by atoms with Gasteiger partial charge in [-0.2, -0.15) is 8.42 Å². The SMILES string of the molecule is CCCCCCCCCCCCCCC(=O)N(C)CCCCS(=O)(=O)O. The molecule has 0 fully saturated rings. The second-order valence-electron chi connectivity index (χ2n) is 7.45. The van der Waals surface area contributed by atoms with Crippen LogP contribution in [0.15, 0.2) is 0 Å². The monoisotopic (exact) mass is 391 g/mol. The molecule has 0 aromatic carbocycles. The van der Waals surface area contributed by atoms with Crippen LogP contribution in [0.4, 0.5) is 0 Å². The smallest absolute Gasteiger partial charge is 0.264 e. The first-order valence-corrected chi connectivity index (χ1v) is 12.2. The third-order valence-corrected chi connectivity index (χ3v) is 5.62. The van der Waals surface area contributed by atoms with Crippen LogP contribution in [0.2, 0.25) is 0 Å². The average Bonchev–Trinajstić information content (AvgIpc) is 2.58. The van der Waals surface area contributed by atoms with Crippen LogP contribution in [-0.4, -0.2) is 43.1 Å². The molecule has 0 bridgehead atoms. The lowest BCUT2D eigenvalue weighted by Crippen LogP contribution is -2.27. The Kier molecular flexibility index (Phi) is 16.2. The van der Waals surface area contributed by atoms with E-state index in [1.165, 1.54) is 64.2 Å². The van der Waals surface area contributed by atoms with Crippen LogP contribution in [-0.2, 0) is 14.9 Å². The molecule has 0 aliphatic heterocycles. The Morgan fingerprint density at radius 1 is 0.769 bits per heavy atom. The van der Waals surface area contributed by atoms with Crippen molar-refractivity contribution in [2.45, 2.75) is 103 Å². The first kappa shape index (κ1) is 25.4. The number of carbonyl (C=O) groups excluding carboxylic acids is 1. The first-order chi connectivity index (χ1) is 12.4. The lowest BCUT2D eigenvalue weighted by Gasteiger charge is -2.16. The van der Waals surface area contributed by atoms with Gasteiger partial charge in [0.2, 0.25) is 5.91 Å². The fourth-order valence-corrected chi connectivity index (χ4v) is 3.64. The molecule has 0 saturated heterocycles. The van der Waals surface area contributed by atoms with Crippen LogP contribution < -0.4 is 0 Å². The van der Waals surface area contributed by atoms with Crippen LogP contribution in [0.25, 0.3) is 0 Å². The maximum absolute atomic E-state index is 12.0. The summed E-state index contributed by atoms with van der Waals surface area (Å²) in [5.74, 6) is -0.0998. The lowest BCUT2D eigenvalue weighted by atomic mass is 10.0. The number of carbonyl (C=O) groups is 1. The highest BCUT2D eigenvalue weighted by molar-refractivity contribution is 7.85. The summed E-state index contributed by atoms with van der Waals surface area (Å²) in [6, 6.07) is 0. The zero-order valence-corrected chi connectivity index (χ0v) is 17.9. The van der Waals surface area contributed by atoms with E-state index in [2.05, 4.69) is 6.92 Å². The van der Waals surface area contributed by atoms with Gasteiger partial charge < -0.3 is 4.90 Å². The molecule has 0 rings (SSSR count).